The molecule has 4 amide bonds. The Bertz CT molecular complexity index is 946. The van der Waals surface area contributed by atoms with E-state index < -0.39 is 23.4 Å². The molecule has 0 bridgehead atoms. The lowest BCUT2D eigenvalue weighted by atomic mass is 9.82. The van der Waals surface area contributed by atoms with Crippen molar-refractivity contribution in [1.82, 2.24) is 10.2 Å². The number of halogens is 1. The van der Waals surface area contributed by atoms with Crippen LogP contribution in [0.3, 0.4) is 0 Å². The Morgan fingerprint density at radius 3 is 2.48 bits per heavy atom. The first kappa shape index (κ1) is 20.9. The molecule has 3 rings (SSSR count). The van der Waals surface area contributed by atoms with Crippen molar-refractivity contribution in [2.75, 3.05) is 11.9 Å². The maximum Gasteiger partial charge on any atom is 0.325 e. The second-order valence-electron chi connectivity index (χ2n) is 7.70. The van der Waals surface area contributed by atoms with Crippen molar-refractivity contribution in [3.63, 3.8) is 0 Å². The van der Waals surface area contributed by atoms with E-state index in [2.05, 4.69) is 10.6 Å². The number of rotatable bonds is 6. The first-order chi connectivity index (χ1) is 13.7. The molecule has 1 saturated heterocycles. The number of benzene rings is 2. The van der Waals surface area contributed by atoms with Gasteiger partial charge in [0.15, 0.2) is 0 Å². The topological polar surface area (TPSA) is 78.5 Å². The summed E-state index contributed by atoms with van der Waals surface area (Å²) in [4.78, 5) is 39.5. The first-order valence-electron chi connectivity index (χ1n) is 9.48. The van der Waals surface area contributed by atoms with E-state index in [0.29, 0.717) is 22.7 Å². The molecule has 2 N–H and O–H groups in total. The summed E-state index contributed by atoms with van der Waals surface area (Å²) < 4.78 is 0. The molecule has 1 aliphatic rings. The summed E-state index contributed by atoms with van der Waals surface area (Å²) in [7, 11) is 0. The predicted molar refractivity (Wildman–Crippen MR) is 113 cm³/mol. The average molecular weight is 414 g/mol. The van der Waals surface area contributed by atoms with Crippen molar-refractivity contribution in [3.05, 3.63) is 64.7 Å². The molecule has 152 valence electrons. The zero-order valence-corrected chi connectivity index (χ0v) is 17.4. The number of carbonyl (C=O) groups is 3. The van der Waals surface area contributed by atoms with Gasteiger partial charge in [-0.1, -0.05) is 55.8 Å². The lowest BCUT2D eigenvalue weighted by Crippen LogP contribution is -2.45. The fourth-order valence-corrected chi connectivity index (χ4v) is 3.88. The number of urea groups is 1. The quantitative estimate of drug-likeness (QED) is 0.700. The van der Waals surface area contributed by atoms with Gasteiger partial charge >= 0.3 is 6.03 Å². The summed E-state index contributed by atoms with van der Waals surface area (Å²) in [6, 6.07) is 13.7. The van der Waals surface area contributed by atoms with E-state index in [1.807, 2.05) is 51.1 Å². The van der Waals surface area contributed by atoms with Crippen LogP contribution in [0.5, 0.6) is 0 Å². The molecule has 2 aromatic carbocycles. The van der Waals surface area contributed by atoms with E-state index in [4.69, 9.17) is 11.6 Å². The molecule has 1 fully saturated rings. The van der Waals surface area contributed by atoms with E-state index in [9.17, 15) is 14.4 Å². The van der Waals surface area contributed by atoms with Gasteiger partial charge in [-0.15, -0.1) is 0 Å². The predicted octanol–water partition coefficient (Wildman–Crippen LogP) is 4.08. The van der Waals surface area contributed by atoms with Gasteiger partial charge in [0.2, 0.25) is 5.91 Å². The third-order valence-corrected chi connectivity index (χ3v) is 5.16. The molecule has 2 aromatic rings. The summed E-state index contributed by atoms with van der Waals surface area (Å²) in [6.45, 7) is 5.43. The Hall–Kier alpha value is -2.86. The molecule has 1 atom stereocenters. The van der Waals surface area contributed by atoms with Crippen LogP contribution in [0.4, 0.5) is 10.5 Å². The molecule has 1 unspecified atom stereocenters. The zero-order valence-electron chi connectivity index (χ0n) is 16.7. The lowest BCUT2D eigenvalue weighted by Gasteiger charge is -2.29. The molecular formula is C22H24ClN3O3. The van der Waals surface area contributed by atoms with Crippen LogP contribution in [0.25, 0.3) is 0 Å². The van der Waals surface area contributed by atoms with Gasteiger partial charge in [-0.25, -0.2) is 4.79 Å². The van der Waals surface area contributed by atoms with Crippen LogP contribution < -0.4 is 10.6 Å². The van der Waals surface area contributed by atoms with Crippen molar-refractivity contribution in [2.24, 2.45) is 5.92 Å². The molecule has 29 heavy (non-hydrogen) atoms. The minimum atomic E-state index is -1.16. The molecule has 0 radical (unpaired) electrons. The van der Waals surface area contributed by atoms with Gasteiger partial charge in [-0.3, -0.25) is 14.5 Å². The third-order valence-electron chi connectivity index (χ3n) is 4.92. The summed E-state index contributed by atoms with van der Waals surface area (Å²) >= 11 is 5.94. The smallest absolute Gasteiger partial charge is 0.324 e. The minimum absolute atomic E-state index is 0.157. The van der Waals surface area contributed by atoms with Crippen LogP contribution in [0.1, 0.15) is 31.4 Å². The lowest BCUT2D eigenvalue weighted by molar-refractivity contribution is -0.134. The van der Waals surface area contributed by atoms with E-state index >= 15 is 0 Å². The Kier molecular flexibility index (Phi) is 5.94. The van der Waals surface area contributed by atoms with E-state index in [-0.39, 0.29) is 12.5 Å². The second kappa shape index (κ2) is 8.25. The van der Waals surface area contributed by atoms with Crippen molar-refractivity contribution < 1.29 is 14.4 Å². The summed E-state index contributed by atoms with van der Waals surface area (Å²) in [5, 5.41) is 6.15. The Morgan fingerprint density at radius 2 is 1.86 bits per heavy atom. The fourth-order valence-electron chi connectivity index (χ4n) is 3.66. The van der Waals surface area contributed by atoms with E-state index in [1.54, 1.807) is 18.2 Å². The number of carbonyl (C=O) groups excluding carboxylic acids is 3. The second-order valence-corrected chi connectivity index (χ2v) is 8.13. The third kappa shape index (κ3) is 4.27. The van der Waals surface area contributed by atoms with E-state index in [0.717, 1.165) is 10.5 Å². The monoisotopic (exact) mass is 413 g/mol. The number of nitrogens with one attached hydrogen (secondary N) is 2. The van der Waals surface area contributed by atoms with Crippen LogP contribution in [0.15, 0.2) is 48.5 Å². The number of nitrogens with zero attached hydrogens (tertiary/aromatic N) is 1. The Morgan fingerprint density at radius 1 is 1.17 bits per heavy atom. The molecule has 1 heterocycles. The Balaban J connectivity index is 1.82. The van der Waals surface area contributed by atoms with Crippen LogP contribution in [0.2, 0.25) is 5.02 Å². The Labute approximate surface area is 175 Å². The van der Waals surface area contributed by atoms with Gasteiger partial charge in [0.1, 0.15) is 12.1 Å². The average Bonchev–Trinajstić information content (AvgIpc) is 2.89. The number of anilines is 1. The maximum atomic E-state index is 13.3. The zero-order chi connectivity index (χ0) is 21.2. The van der Waals surface area contributed by atoms with Gasteiger partial charge < -0.3 is 10.6 Å². The first-order valence-corrected chi connectivity index (χ1v) is 9.86. The molecule has 0 saturated carbocycles. The molecule has 6 nitrogen and oxygen atoms in total. The standard InChI is InChI=1S/C22H24ClN3O3/c1-14(2)12-22(16-7-5-4-6-8-16)20(28)26(21(29)25-22)13-19(27)24-18-10-9-17(23)11-15(18)3/h4-11,14H,12-13H2,1-3H3,(H,24,27)(H,25,29). The van der Waals surface area contributed by atoms with E-state index in [1.165, 1.54) is 0 Å². The summed E-state index contributed by atoms with van der Waals surface area (Å²) in [6.07, 6.45) is 0.440. The largest absolute Gasteiger partial charge is 0.325 e. The summed E-state index contributed by atoms with van der Waals surface area (Å²) in [5.41, 5.74) is 0.927. The molecule has 0 aliphatic carbocycles. The van der Waals surface area contributed by atoms with Crippen LogP contribution in [-0.4, -0.2) is 29.3 Å². The highest BCUT2D eigenvalue weighted by atomic mass is 35.5. The highest BCUT2D eigenvalue weighted by Gasteiger charge is 2.52. The van der Waals surface area contributed by atoms with Gasteiger partial charge in [-0.2, -0.15) is 0 Å². The number of imide groups is 1. The molecule has 0 aromatic heterocycles. The van der Waals surface area contributed by atoms with Crippen molar-refractivity contribution >= 4 is 35.1 Å². The van der Waals surface area contributed by atoms with Crippen molar-refractivity contribution in [3.8, 4) is 0 Å². The highest BCUT2D eigenvalue weighted by molar-refractivity contribution is 6.30. The molecular weight excluding hydrogens is 390 g/mol. The van der Waals surface area contributed by atoms with Crippen molar-refractivity contribution in [1.29, 1.82) is 0 Å². The maximum absolute atomic E-state index is 13.3. The van der Waals surface area contributed by atoms with Crippen molar-refractivity contribution in [2.45, 2.75) is 32.7 Å². The van der Waals surface area contributed by atoms with Crippen LogP contribution in [-0.2, 0) is 15.1 Å². The number of hydrogen-bond acceptors (Lipinski definition) is 3. The summed E-state index contributed by atoms with van der Waals surface area (Å²) in [5.74, 6) is -0.706. The SMILES string of the molecule is Cc1cc(Cl)ccc1NC(=O)CN1C(=O)NC(CC(C)C)(c2ccccc2)C1=O. The van der Waals surface area contributed by atoms with Gasteiger partial charge in [-0.05, 0) is 48.6 Å². The molecule has 0 spiro atoms. The van der Waals surface area contributed by atoms with Crippen LogP contribution >= 0.6 is 11.6 Å². The van der Waals surface area contributed by atoms with Gasteiger partial charge in [0.05, 0.1) is 0 Å². The number of amides is 4. The number of aryl methyl sites for hydroxylation is 1. The fraction of sp³-hybridized carbons (Fsp3) is 0.318. The van der Waals surface area contributed by atoms with Gasteiger partial charge in [0, 0.05) is 10.7 Å². The highest BCUT2D eigenvalue weighted by Crippen LogP contribution is 2.35. The van der Waals surface area contributed by atoms with Crippen LogP contribution in [0, 0.1) is 12.8 Å². The normalized spacial score (nSPS) is 18.9. The number of hydrogen-bond donors (Lipinski definition) is 2. The minimum Gasteiger partial charge on any atom is -0.324 e. The molecule has 7 heteroatoms. The van der Waals surface area contributed by atoms with Gasteiger partial charge in [0.25, 0.3) is 5.91 Å². The molecule has 1 aliphatic heterocycles.